The van der Waals surface area contributed by atoms with Gasteiger partial charge in [-0.1, -0.05) is 44.7 Å². The summed E-state index contributed by atoms with van der Waals surface area (Å²) in [7, 11) is -3.85. The van der Waals surface area contributed by atoms with Gasteiger partial charge in [0.2, 0.25) is 0 Å². The fraction of sp³-hybridized carbons (Fsp3) is 0.567. The lowest BCUT2D eigenvalue weighted by atomic mass is 10.0. The Balaban J connectivity index is 1.50. The summed E-state index contributed by atoms with van der Waals surface area (Å²) < 4.78 is 39.1. The Hall–Kier alpha value is -1.99. The molecule has 0 aromatic heterocycles. The number of nitrogens with one attached hydrogen (secondary N) is 2. The molecule has 2 aliphatic heterocycles. The molecule has 1 amide bonds. The third-order valence-electron chi connectivity index (χ3n) is 7.34. The summed E-state index contributed by atoms with van der Waals surface area (Å²) in [5.74, 6) is -0.608. The van der Waals surface area contributed by atoms with E-state index in [4.69, 9.17) is 14.3 Å². The van der Waals surface area contributed by atoms with Crippen LogP contribution in [-0.4, -0.2) is 76.4 Å². The minimum Gasteiger partial charge on any atom is -0.379 e. The van der Waals surface area contributed by atoms with E-state index >= 15 is 0 Å². The van der Waals surface area contributed by atoms with Crippen LogP contribution in [0.3, 0.4) is 0 Å². The highest BCUT2D eigenvalue weighted by Crippen LogP contribution is 2.30. The summed E-state index contributed by atoms with van der Waals surface area (Å²) in [6.45, 7) is 9.04. The van der Waals surface area contributed by atoms with Crippen molar-refractivity contribution in [3.05, 3.63) is 54.1 Å². The lowest BCUT2D eigenvalue weighted by Crippen LogP contribution is -2.57. The van der Waals surface area contributed by atoms with Gasteiger partial charge in [-0.05, 0) is 67.1 Å². The summed E-state index contributed by atoms with van der Waals surface area (Å²) >= 11 is 1.60. The van der Waals surface area contributed by atoms with Gasteiger partial charge in [-0.15, -0.1) is 0 Å². The van der Waals surface area contributed by atoms with Gasteiger partial charge in [0, 0.05) is 42.5 Å². The molecule has 226 valence electrons. The lowest BCUT2D eigenvalue weighted by molar-refractivity contribution is -0.201. The normalized spacial score (nSPS) is 20.0. The summed E-state index contributed by atoms with van der Waals surface area (Å²) in [6.07, 6.45) is 3.10. The van der Waals surface area contributed by atoms with E-state index in [-0.39, 0.29) is 17.4 Å². The van der Waals surface area contributed by atoms with Crippen LogP contribution in [0.25, 0.3) is 0 Å². The van der Waals surface area contributed by atoms with Gasteiger partial charge in [0.25, 0.3) is 5.91 Å². The van der Waals surface area contributed by atoms with Crippen molar-refractivity contribution in [2.24, 2.45) is 5.92 Å². The highest BCUT2D eigenvalue weighted by molar-refractivity contribution is 7.99. The Morgan fingerprint density at radius 1 is 1.07 bits per heavy atom. The van der Waals surface area contributed by atoms with Crippen molar-refractivity contribution >= 4 is 27.5 Å². The number of morpholine rings is 1. The average molecular weight is 606 g/mol. The zero-order valence-electron chi connectivity index (χ0n) is 24.2. The first-order valence-electron chi connectivity index (χ1n) is 14.5. The number of amides is 1. The molecular formula is C30H43N3O6S2. The molecule has 4 rings (SSSR count). The molecule has 3 atom stereocenters. The Kier molecular flexibility index (Phi) is 12.1. The topological polar surface area (TPSA) is 106 Å². The standard InChI is InChI=1S/C30H43N3O6S2/c1-4-23-8-7-9-25(20-23)40-24-11-13-26(14-12-24)41(35,36)27(21-33-15-18-37-19-16-33)31-29(22(2)3)30(34)32-39-28-10-5-6-17-38-28/h7-9,11-14,20,22,27-29,31H,4-6,10,15-19,21H2,1-3H3,(H,32,34)/t27?,28?,29-/m1/s1. The number of hydrogen-bond donors (Lipinski definition) is 2. The molecule has 2 aliphatic rings. The molecule has 0 radical (unpaired) electrons. The quantitative estimate of drug-likeness (QED) is 0.328. The number of carbonyl (C=O) groups is 1. The third-order valence-corrected chi connectivity index (χ3v) is 10.3. The highest BCUT2D eigenvalue weighted by atomic mass is 32.2. The predicted molar refractivity (Wildman–Crippen MR) is 159 cm³/mol. The molecule has 0 spiro atoms. The Morgan fingerprint density at radius 3 is 2.49 bits per heavy atom. The van der Waals surface area contributed by atoms with Crippen LogP contribution in [0.2, 0.25) is 0 Å². The van der Waals surface area contributed by atoms with Crippen molar-refractivity contribution < 1.29 is 27.5 Å². The Labute approximate surface area is 248 Å². The van der Waals surface area contributed by atoms with Crippen LogP contribution in [0, 0.1) is 5.92 Å². The van der Waals surface area contributed by atoms with Gasteiger partial charge in [-0.3, -0.25) is 15.0 Å². The number of ether oxygens (including phenoxy) is 2. The maximum atomic E-state index is 14.0. The largest absolute Gasteiger partial charge is 0.379 e. The molecule has 2 aromatic rings. The van der Waals surface area contributed by atoms with E-state index in [1.165, 1.54) is 5.56 Å². The van der Waals surface area contributed by atoms with Crippen molar-refractivity contribution in [3.8, 4) is 0 Å². The second kappa shape index (κ2) is 15.5. The summed E-state index contributed by atoms with van der Waals surface area (Å²) in [6, 6.07) is 14.5. The minimum absolute atomic E-state index is 0.189. The molecule has 11 heteroatoms. The van der Waals surface area contributed by atoms with Crippen molar-refractivity contribution in [1.82, 2.24) is 15.7 Å². The van der Waals surface area contributed by atoms with Gasteiger partial charge in [0.15, 0.2) is 16.1 Å². The molecule has 0 aliphatic carbocycles. The van der Waals surface area contributed by atoms with Crippen molar-refractivity contribution in [3.63, 3.8) is 0 Å². The van der Waals surface area contributed by atoms with Crippen molar-refractivity contribution in [2.75, 3.05) is 39.5 Å². The van der Waals surface area contributed by atoms with E-state index in [0.29, 0.717) is 39.3 Å². The molecule has 9 nitrogen and oxygen atoms in total. The molecule has 2 heterocycles. The summed E-state index contributed by atoms with van der Waals surface area (Å²) in [5, 5.41) is 2.18. The average Bonchev–Trinajstić information content (AvgIpc) is 2.99. The lowest BCUT2D eigenvalue weighted by Gasteiger charge is -2.33. The first-order chi connectivity index (χ1) is 19.8. The zero-order chi connectivity index (χ0) is 29.2. The monoisotopic (exact) mass is 605 g/mol. The van der Waals surface area contributed by atoms with E-state index in [9.17, 15) is 13.2 Å². The van der Waals surface area contributed by atoms with E-state index in [1.807, 2.05) is 32.0 Å². The predicted octanol–water partition coefficient (Wildman–Crippen LogP) is 4.02. The van der Waals surface area contributed by atoms with Gasteiger partial charge < -0.3 is 9.47 Å². The number of carbonyl (C=O) groups excluding carboxylic acids is 1. The SMILES string of the molecule is CCc1cccc(Sc2ccc(S(=O)(=O)C(CN3CCOCC3)N[C@@H](C(=O)NOC3CCCCO3)C(C)C)cc2)c1. The van der Waals surface area contributed by atoms with Gasteiger partial charge in [-0.2, -0.15) is 0 Å². The second-order valence-electron chi connectivity index (χ2n) is 10.8. The third kappa shape index (κ3) is 9.25. The number of sulfone groups is 1. The fourth-order valence-electron chi connectivity index (χ4n) is 4.85. The first kappa shape index (κ1) is 31.9. The number of aryl methyl sites for hydroxylation is 1. The maximum absolute atomic E-state index is 14.0. The molecule has 2 saturated heterocycles. The van der Waals surface area contributed by atoms with Crippen molar-refractivity contribution in [2.45, 2.75) is 78.8 Å². The van der Waals surface area contributed by atoms with Gasteiger partial charge >= 0.3 is 0 Å². The molecule has 2 fully saturated rings. The Bertz CT molecular complexity index is 1210. The van der Waals surface area contributed by atoms with Crippen LogP contribution in [0.15, 0.2) is 63.2 Å². The van der Waals surface area contributed by atoms with E-state index < -0.39 is 33.5 Å². The minimum atomic E-state index is -3.85. The number of hydroxylamine groups is 1. The second-order valence-corrected chi connectivity index (χ2v) is 14.1. The summed E-state index contributed by atoms with van der Waals surface area (Å²) in [4.78, 5) is 23.0. The summed E-state index contributed by atoms with van der Waals surface area (Å²) in [5.41, 5.74) is 3.77. The number of benzene rings is 2. The molecule has 2 unspecified atom stereocenters. The molecule has 0 bridgehead atoms. The van der Waals surface area contributed by atoms with E-state index in [2.05, 4.69) is 40.8 Å². The number of nitrogens with zero attached hydrogens (tertiary/aromatic N) is 1. The fourth-order valence-corrected chi connectivity index (χ4v) is 7.33. The van der Waals surface area contributed by atoms with Crippen LogP contribution in [0.4, 0.5) is 0 Å². The first-order valence-corrected chi connectivity index (χ1v) is 16.9. The van der Waals surface area contributed by atoms with E-state index in [1.54, 1.807) is 23.9 Å². The maximum Gasteiger partial charge on any atom is 0.261 e. The van der Waals surface area contributed by atoms with Crippen LogP contribution in [0.1, 0.15) is 45.6 Å². The van der Waals surface area contributed by atoms with E-state index in [0.717, 1.165) is 29.1 Å². The van der Waals surface area contributed by atoms with Crippen LogP contribution in [-0.2, 0) is 35.4 Å². The number of rotatable bonds is 13. The molecule has 0 saturated carbocycles. The zero-order valence-corrected chi connectivity index (χ0v) is 25.8. The molecule has 2 N–H and O–H groups in total. The molecule has 2 aromatic carbocycles. The van der Waals surface area contributed by atoms with Gasteiger partial charge in [0.05, 0.1) is 24.2 Å². The molecule has 41 heavy (non-hydrogen) atoms. The van der Waals surface area contributed by atoms with Crippen molar-refractivity contribution in [1.29, 1.82) is 0 Å². The Morgan fingerprint density at radius 2 is 1.83 bits per heavy atom. The highest BCUT2D eigenvalue weighted by Gasteiger charge is 2.35. The van der Waals surface area contributed by atoms with Gasteiger partial charge in [0.1, 0.15) is 5.37 Å². The van der Waals surface area contributed by atoms with Crippen LogP contribution in [0.5, 0.6) is 0 Å². The van der Waals surface area contributed by atoms with Crippen LogP contribution < -0.4 is 10.8 Å². The van der Waals surface area contributed by atoms with Crippen LogP contribution >= 0.6 is 11.8 Å². The number of hydrogen-bond acceptors (Lipinski definition) is 9. The van der Waals surface area contributed by atoms with Gasteiger partial charge in [-0.25, -0.2) is 18.7 Å². The molecular weight excluding hydrogens is 562 g/mol. The smallest absolute Gasteiger partial charge is 0.261 e.